The first-order valence-electron chi connectivity index (χ1n) is 11.6. The summed E-state index contributed by atoms with van der Waals surface area (Å²) in [7, 11) is 1.00. The maximum atomic E-state index is 14.8. The van der Waals surface area contributed by atoms with Gasteiger partial charge in [0, 0.05) is 51.5 Å². The number of aliphatic hydroxyl groups excluding tert-OH is 1. The molecule has 3 aromatic rings. The van der Waals surface area contributed by atoms with Gasteiger partial charge in [-0.3, -0.25) is 4.79 Å². The minimum Gasteiger partial charge on any atom is -0.400 e. The van der Waals surface area contributed by atoms with Crippen molar-refractivity contribution in [3.05, 3.63) is 59.2 Å². The third kappa shape index (κ3) is 5.69. The number of carbonyl (C=O) groups is 1. The van der Waals surface area contributed by atoms with Crippen LogP contribution in [0.2, 0.25) is 0 Å². The molecule has 2 aliphatic rings. The zero-order chi connectivity index (χ0) is 24.9. The molecule has 0 aliphatic carbocycles. The van der Waals surface area contributed by atoms with Crippen molar-refractivity contribution in [1.29, 1.82) is 0 Å². The number of halogens is 1. The van der Waals surface area contributed by atoms with Crippen LogP contribution in [0.4, 0.5) is 10.2 Å². The molecule has 35 heavy (non-hydrogen) atoms. The molecule has 0 bridgehead atoms. The maximum Gasteiger partial charge on any atom is 0.259 e. The van der Waals surface area contributed by atoms with E-state index in [-0.39, 0.29) is 11.6 Å². The van der Waals surface area contributed by atoms with Gasteiger partial charge in [-0.2, -0.15) is 0 Å². The summed E-state index contributed by atoms with van der Waals surface area (Å²) < 4.78 is 21.3. The van der Waals surface area contributed by atoms with Crippen molar-refractivity contribution < 1.29 is 14.3 Å². The lowest BCUT2D eigenvalue weighted by Crippen LogP contribution is -2.18. The second kappa shape index (κ2) is 11.3. The van der Waals surface area contributed by atoms with Gasteiger partial charge in [0.15, 0.2) is 5.82 Å². The Kier molecular flexibility index (Phi) is 8.11. The summed E-state index contributed by atoms with van der Waals surface area (Å²) in [5.41, 5.74) is 2.53. The summed E-state index contributed by atoms with van der Waals surface area (Å²) >= 11 is 1.72. The number of hydrogen-bond acceptors (Lipinski definition) is 8. The molecule has 1 fully saturated rings. The van der Waals surface area contributed by atoms with E-state index in [4.69, 9.17) is 5.11 Å². The summed E-state index contributed by atoms with van der Waals surface area (Å²) in [6.07, 6.45) is 4.09. The van der Waals surface area contributed by atoms with Crippen LogP contribution in [0, 0.1) is 5.82 Å². The van der Waals surface area contributed by atoms with Gasteiger partial charge >= 0.3 is 0 Å². The van der Waals surface area contributed by atoms with Crippen LogP contribution < -0.4 is 5.32 Å². The van der Waals surface area contributed by atoms with E-state index < -0.39 is 11.7 Å². The van der Waals surface area contributed by atoms with Gasteiger partial charge < -0.3 is 15.0 Å². The van der Waals surface area contributed by atoms with Gasteiger partial charge in [0.05, 0.1) is 5.56 Å². The Labute approximate surface area is 208 Å². The first-order valence-corrected chi connectivity index (χ1v) is 12.3. The second-order valence-electron chi connectivity index (χ2n) is 8.63. The molecule has 2 aliphatic heterocycles. The number of nitrogens with zero attached hydrogens (tertiary/aromatic N) is 6. The van der Waals surface area contributed by atoms with Crippen molar-refractivity contribution >= 4 is 23.9 Å². The Morgan fingerprint density at radius 3 is 2.54 bits per heavy atom. The highest BCUT2D eigenvalue weighted by Crippen LogP contribution is 2.33. The van der Waals surface area contributed by atoms with Gasteiger partial charge in [-0.15, -0.1) is 10.2 Å². The fourth-order valence-corrected chi connectivity index (χ4v) is 5.31. The van der Waals surface area contributed by atoms with Gasteiger partial charge in [-0.1, -0.05) is 6.07 Å². The summed E-state index contributed by atoms with van der Waals surface area (Å²) in [5, 5.41) is 17.9. The topological polar surface area (TPSA) is 99.4 Å². The molecule has 0 unspecified atom stereocenters. The highest BCUT2D eigenvalue weighted by molar-refractivity contribution is 7.94. The fourth-order valence-electron chi connectivity index (χ4n) is 4.17. The third-order valence-corrected chi connectivity index (χ3v) is 6.96. The number of rotatable bonds is 6. The van der Waals surface area contributed by atoms with Crippen LogP contribution in [0.25, 0.3) is 11.5 Å². The zero-order valence-electron chi connectivity index (χ0n) is 20.1. The minimum atomic E-state index is -0.519. The first-order chi connectivity index (χ1) is 17.0. The van der Waals surface area contributed by atoms with Crippen molar-refractivity contribution in [1.82, 2.24) is 28.4 Å². The van der Waals surface area contributed by atoms with Gasteiger partial charge in [0.2, 0.25) is 0 Å². The lowest BCUT2D eigenvalue weighted by Gasteiger charge is -2.20. The van der Waals surface area contributed by atoms with Gasteiger partial charge in [0.1, 0.15) is 23.7 Å². The van der Waals surface area contributed by atoms with E-state index >= 15 is 0 Å². The van der Waals surface area contributed by atoms with Gasteiger partial charge in [0.25, 0.3) is 5.91 Å². The van der Waals surface area contributed by atoms with Crippen LogP contribution in [0.5, 0.6) is 0 Å². The predicted molar refractivity (Wildman–Crippen MR) is 134 cm³/mol. The molecule has 11 heteroatoms. The quantitative estimate of drug-likeness (QED) is 0.493. The van der Waals surface area contributed by atoms with E-state index in [0.29, 0.717) is 30.4 Å². The van der Waals surface area contributed by atoms with E-state index in [0.717, 1.165) is 31.3 Å². The SMILES string of the molecule is CC(C)n1cnnc1-c1cccc(NC(=O)c2cc3c(cc2F)CN(SN2CCCC2)C3)n1.CO. The number of nitrogens with one attached hydrogen (secondary N) is 1. The van der Waals surface area contributed by atoms with Crippen molar-refractivity contribution in [3.8, 4) is 11.5 Å². The molecule has 0 saturated carbocycles. The number of pyridine rings is 1. The highest BCUT2D eigenvalue weighted by Gasteiger charge is 2.26. The smallest absolute Gasteiger partial charge is 0.259 e. The molecule has 9 nitrogen and oxygen atoms in total. The summed E-state index contributed by atoms with van der Waals surface area (Å²) in [4.78, 5) is 17.4. The molecule has 1 saturated heterocycles. The third-order valence-electron chi connectivity index (χ3n) is 5.87. The van der Waals surface area contributed by atoms with E-state index in [2.05, 4.69) is 29.1 Å². The van der Waals surface area contributed by atoms with Crippen LogP contribution in [0.3, 0.4) is 0 Å². The van der Waals surface area contributed by atoms with Crippen LogP contribution in [0.1, 0.15) is 54.2 Å². The largest absolute Gasteiger partial charge is 0.400 e. The number of benzene rings is 1. The number of aliphatic hydroxyl groups is 1. The molecule has 1 aromatic carbocycles. The van der Waals surface area contributed by atoms with Crippen molar-refractivity contribution in [2.24, 2.45) is 0 Å². The molecule has 0 spiro atoms. The standard InChI is InChI=1S/C23H26FN7OS.CH4O/c1-15(2)31-14-25-28-22(31)20-6-5-7-21(26-20)27-23(32)18-10-16-12-30(13-17(16)11-19(18)24)33-29-8-3-4-9-29;1-2/h5-7,10-11,14-15H,3-4,8-9,12-13H2,1-2H3,(H,26,27,32);2H,1H3. The van der Waals surface area contributed by atoms with Crippen LogP contribution in [-0.4, -0.2) is 59.6 Å². The molecular weight excluding hydrogens is 469 g/mol. The number of fused-ring (bicyclic) bond motifs is 1. The fraction of sp³-hybridized carbons (Fsp3) is 0.417. The van der Waals surface area contributed by atoms with E-state index in [9.17, 15) is 9.18 Å². The monoisotopic (exact) mass is 499 g/mol. The maximum absolute atomic E-state index is 14.8. The zero-order valence-corrected chi connectivity index (χ0v) is 20.9. The minimum absolute atomic E-state index is 0.0272. The van der Waals surface area contributed by atoms with Crippen LogP contribution in [0.15, 0.2) is 36.7 Å². The van der Waals surface area contributed by atoms with E-state index in [1.54, 1.807) is 42.7 Å². The van der Waals surface area contributed by atoms with Gasteiger partial charge in [-0.05, 0) is 62.1 Å². The van der Waals surface area contributed by atoms with E-state index in [1.807, 2.05) is 18.4 Å². The van der Waals surface area contributed by atoms with E-state index in [1.165, 1.54) is 18.9 Å². The lowest BCUT2D eigenvalue weighted by atomic mass is 10.1. The Hall–Kier alpha value is -2.86. The molecule has 5 rings (SSSR count). The summed E-state index contributed by atoms with van der Waals surface area (Å²) in [6, 6.07) is 8.59. The molecule has 0 radical (unpaired) electrons. The molecular formula is C24H30FN7O2S. The highest BCUT2D eigenvalue weighted by atomic mass is 32.2. The predicted octanol–water partition coefficient (Wildman–Crippen LogP) is 3.90. The molecule has 2 N–H and O–H groups in total. The molecule has 1 amide bonds. The Bertz CT molecular complexity index is 1180. The number of aromatic nitrogens is 4. The van der Waals surface area contributed by atoms with Gasteiger partial charge in [-0.25, -0.2) is 18.0 Å². The first kappa shape index (κ1) is 25.2. The van der Waals surface area contributed by atoms with Crippen LogP contribution >= 0.6 is 12.1 Å². The second-order valence-corrected chi connectivity index (χ2v) is 9.83. The number of anilines is 1. The Balaban J connectivity index is 0.00000141. The Morgan fingerprint density at radius 1 is 1.11 bits per heavy atom. The average molecular weight is 500 g/mol. The van der Waals surface area contributed by atoms with Crippen molar-refractivity contribution in [2.75, 3.05) is 25.5 Å². The van der Waals surface area contributed by atoms with Crippen LogP contribution in [-0.2, 0) is 13.1 Å². The number of amides is 1. The number of carbonyl (C=O) groups excluding carboxylic acids is 1. The Morgan fingerprint density at radius 2 is 1.83 bits per heavy atom. The summed E-state index contributed by atoms with van der Waals surface area (Å²) in [5.74, 6) is -0.0896. The average Bonchev–Trinajstić information content (AvgIpc) is 3.61. The summed E-state index contributed by atoms with van der Waals surface area (Å²) in [6.45, 7) is 7.59. The molecule has 186 valence electrons. The molecule has 2 aromatic heterocycles. The lowest BCUT2D eigenvalue weighted by molar-refractivity contribution is 0.102. The molecule has 0 atom stereocenters. The number of hydrogen-bond donors (Lipinski definition) is 2. The van der Waals surface area contributed by atoms with Crippen molar-refractivity contribution in [3.63, 3.8) is 0 Å². The normalized spacial score (nSPS) is 15.7. The molecule has 4 heterocycles. The van der Waals surface area contributed by atoms with Crippen molar-refractivity contribution in [2.45, 2.75) is 45.8 Å².